The van der Waals surface area contributed by atoms with Crippen molar-refractivity contribution in [1.29, 1.82) is 0 Å². The number of hydrogen-bond donors (Lipinski definition) is 3. The second kappa shape index (κ2) is 4.28. The van der Waals surface area contributed by atoms with Gasteiger partial charge in [0.25, 0.3) is 0 Å². The first-order valence-corrected chi connectivity index (χ1v) is 6.51. The van der Waals surface area contributed by atoms with Gasteiger partial charge in [-0.05, 0) is 12.5 Å². The Labute approximate surface area is 112 Å². The van der Waals surface area contributed by atoms with Crippen LogP contribution in [0.2, 0.25) is 0 Å². The van der Waals surface area contributed by atoms with E-state index in [0.29, 0.717) is 18.0 Å². The minimum Gasteiger partial charge on any atom is -0.507 e. The van der Waals surface area contributed by atoms with E-state index in [1.807, 2.05) is 13.8 Å². The molecule has 1 saturated carbocycles. The molecule has 2 aliphatic rings. The van der Waals surface area contributed by atoms with Crippen LogP contribution >= 0.6 is 0 Å². The summed E-state index contributed by atoms with van der Waals surface area (Å²) < 4.78 is 10.5. The molecule has 0 radical (unpaired) electrons. The summed E-state index contributed by atoms with van der Waals surface area (Å²) >= 11 is 0. The van der Waals surface area contributed by atoms with Crippen LogP contribution in [0.4, 0.5) is 0 Å². The van der Waals surface area contributed by atoms with Gasteiger partial charge < -0.3 is 25.0 Å². The molecule has 1 aromatic carbocycles. The number of rotatable bonds is 3. The number of aliphatic hydroxyl groups excluding tert-OH is 1. The molecule has 0 aromatic heterocycles. The van der Waals surface area contributed by atoms with Gasteiger partial charge in [0, 0.05) is 29.6 Å². The Morgan fingerprint density at radius 3 is 2.63 bits per heavy atom. The van der Waals surface area contributed by atoms with Crippen LogP contribution in [0.25, 0.3) is 0 Å². The molecule has 0 bridgehead atoms. The highest BCUT2D eigenvalue weighted by Gasteiger charge is 2.46. The molecule has 104 valence electrons. The van der Waals surface area contributed by atoms with Gasteiger partial charge in [-0.15, -0.1) is 0 Å². The molecule has 2 atom stereocenters. The Morgan fingerprint density at radius 1 is 1.32 bits per heavy atom. The Bertz CT molecular complexity index is 500. The molecular formula is C14H19NO4. The zero-order valence-corrected chi connectivity index (χ0v) is 11.1. The van der Waals surface area contributed by atoms with E-state index in [0.717, 1.165) is 12.0 Å². The van der Waals surface area contributed by atoms with Crippen molar-refractivity contribution in [2.75, 3.05) is 6.79 Å². The first-order valence-electron chi connectivity index (χ1n) is 6.51. The fourth-order valence-electron chi connectivity index (χ4n) is 2.60. The number of ether oxygens (including phenoxy) is 2. The molecule has 2 unspecified atom stereocenters. The number of fused-ring (bicyclic) bond motifs is 1. The van der Waals surface area contributed by atoms with Crippen LogP contribution in [-0.2, 0) is 6.54 Å². The molecular weight excluding hydrogens is 246 g/mol. The highest BCUT2D eigenvalue weighted by Crippen LogP contribution is 2.41. The third-order valence-electron chi connectivity index (χ3n) is 4.33. The summed E-state index contributed by atoms with van der Waals surface area (Å²) in [6, 6.07) is 3.64. The maximum atomic E-state index is 9.94. The molecule has 3 rings (SSSR count). The minimum atomic E-state index is -0.254. The average molecular weight is 265 g/mol. The number of hydrogen-bond acceptors (Lipinski definition) is 5. The van der Waals surface area contributed by atoms with Crippen molar-refractivity contribution in [3.63, 3.8) is 0 Å². The SMILES string of the molecule is CC1(C)C(O)CC1NCc1cc2c(cc1O)OCO2. The first-order chi connectivity index (χ1) is 8.98. The standard InChI is InChI=1S/C14H19NO4/c1-14(2)12(5-13(14)17)15-6-8-3-10-11(4-9(8)16)19-7-18-10/h3-4,12-13,15-17H,5-7H2,1-2H3. The fraction of sp³-hybridized carbons (Fsp3) is 0.571. The summed E-state index contributed by atoms with van der Waals surface area (Å²) in [7, 11) is 0. The van der Waals surface area contributed by atoms with E-state index in [2.05, 4.69) is 5.32 Å². The van der Waals surface area contributed by atoms with E-state index in [4.69, 9.17) is 9.47 Å². The molecule has 1 heterocycles. The van der Waals surface area contributed by atoms with Crippen LogP contribution < -0.4 is 14.8 Å². The molecule has 5 nitrogen and oxygen atoms in total. The van der Waals surface area contributed by atoms with Crippen molar-refractivity contribution in [3.05, 3.63) is 17.7 Å². The fourth-order valence-corrected chi connectivity index (χ4v) is 2.60. The van der Waals surface area contributed by atoms with Crippen LogP contribution in [0.1, 0.15) is 25.8 Å². The molecule has 0 spiro atoms. The van der Waals surface area contributed by atoms with E-state index < -0.39 is 0 Å². The molecule has 3 N–H and O–H groups in total. The zero-order valence-electron chi connectivity index (χ0n) is 11.1. The lowest BCUT2D eigenvalue weighted by molar-refractivity contribution is -0.0730. The summed E-state index contributed by atoms with van der Waals surface area (Å²) in [5.41, 5.74) is 0.660. The van der Waals surface area contributed by atoms with Crippen molar-refractivity contribution in [3.8, 4) is 17.2 Å². The van der Waals surface area contributed by atoms with Crippen molar-refractivity contribution in [1.82, 2.24) is 5.32 Å². The molecule has 1 aliphatic carbocycles. The van der Waals surface area contributed by atoms with Crippen LogP contribution in [0.15, 0.2) is 12.1 Å². The lowest BCUT2D eigenvalue weighted by Crippen LogP contribution is -2.59. The van der Waals surface area contributed by atoms with Crippen LogP contribution in [0.3, 0.4) is 0 Å². The smallest absolute Gasteiger partial charge is 0.231 e. The second-order valence-electron chi connectivity index (χ2n) is 5.84. The quantitative estimate of drug-likeness (QED) is 0.770. The number of aromatic hydroxyl groups is 1. The van der Waals surface area contributed by atoms with Crippen LogP contribution in [0, 0.1) is 5.41 Å². The summed E-state index contributed by atoms with van der Waals surface area (Å²) in [5, 5.41) is 23.0. The van der Waals surface area contributed by atoms with Crippen molar-refractivity contribution in [2.24, 2.45) is 5.41 Å². The van der Waals surface area contributed by atoms with E-state index in [1.165, 1.54) is 0 Å². The predicted molar refractivity (Wildman–Crippen MR) is 69.3 cm³/mol. The van der Waals surface area contributed by atoms with Crippen LogP contribution in [0.5, 0.6) is 17.2 Å². The van der Waals surface area contributed by atoms with E-state index in [9.17, 15) is 10.2 Å². The third-order valence-corrected chi connectivity index (χ3v) is 4.33. The Kier molecular flexibility index (Phi) is 2.83. The van der Waals surface area contributed by atoms with Gasteiger partial charge in [-0.2, -0.15) is 0 Å². The summed E-state index contributed by atoms with van der Waals surface area (Å²) in [6.45, 7) is 4.83. The Hall–Kier alpha value is -1.46. The van der Waals surface area contributed by atoms with E-state index in [-0.39, 0.29) is 30.1 Å². The zero-order chi connectivity index (χ0) is 13.6. The van der Waals surface area contributed by atoms with Gasteiger partial charge in [0.15, 0.2) is 11.5 Å². The van der Waals surface area contributed by atoms with Gasteiger partial charge >= 0.3 is 0 Å². The van der Waals surface area contributed by atoms with E-state index in [1.54, 1.807) is 12.1 Å². The van der Waals surface area contributed by atoms with Gasteiger partial charge in [-0.1, -0.05) is 13.8 Å². The molecule has 19 heavy (non-hydrogen) atoms. The minimum absolute atomic E-state index is 0.119. The topological polar surface area (TPSA) is 71.0 Å². The Balaban J connectivity index is 1.68. The molecule has 1 aliphatic heterocycles. The summed E-state index contributed by atoms with van der Waals surface area (Å²) in [4.78, 5) is 0. The lowest BCUT2D eigenvalue weighted by Gasteiger charge is -2.49. The van der Waals surface area contributed by atoms with Crippen molar-refractivity contribution >= 4 is 0 Å². The number of nitrogens with one attached hydrogen (secondary N) is 1. The number of phenols is 1. The number of aliphatic hydroxyl groups is 1. The molecule has 0 saturated heterocycles. The third kappa shape index (κ3) is 2.03. The largest absolute Gasteiger partial charge is 0.507 e. The lowest BCUT2D eigenvalue weighted by atomic mass is 9.64. The predicted octanol–water partition coefficient (Wildman–Crippen LogP) is 1.37. The summed E-state index contributed by atoms with van der Waals surface area (Å²) in [5.74, 6) is 1.46. The highest BCUT2D eigenvalue weighted by molar-refractivity contribution is 5.51. The maximum Gasteiger partial charge on any atom is 0.231 e. The van der Waals surface area contributed by atoms with Gasteiger partial charge in [-0.3, -0.25) is 0 Å². The number of phenolic OH excluding ortho intramolecular Hbond substituents is 1. The van der Waals surface area contributed by atoms with Gasteiger partial charge in [0.1, 0.15) is 5.75 Å². The van der Waals surface area contributed by atoms with Gasteiger partial charge in [-0.25, -0.2) is 0 Å². The van der Waals surface area contributed by atoms with Crippen molar-refractivity contribution in [2.45, 2.75) is 39.0 Å². The van der Waals surface area contributed by atoms with Crippen LogP contribution in [-0.4, -0.2) is 29.2 Å². The highest BCUT2D eigenvalue weighted by atomic mass is 16.7. The molecule has 1 aromatic rings. The second-order valence-corrected chi connectivity index (χ2v) is 5.84. The summed E-state index contributed by atoms with van der Waals surface area (Å²) in [6.07, 6.45) is 0.494. The molecule has 1 fully saturated rings. The van der Waals surface area contributed by atoms with Crippen molar-refractivity contribution < 1.29 is 19.7 Å². The van der Waals surface area contributed by atoms with Gasteiger partial charge in [0.05, 0.1) is 6.10 Å². The first kappa shape index (κ1) is 12.6. The normalized spacial score (nSPS) is 27.1. The monoisotopic (exact) mass is 265 g/mol. The average Bonchev–Trinajstić information content (AvgIpc) is 2.81. The molecule has 5 heteroatoms. The Morgan fingerprint density at radius 2 is 2.00 bits per heavy atom. The molecule has 0 amide bonds. The maximum absolute atomic E-state index is 9.94. The number of benzene rings is 1. The van der Waals surface area contributed by atoms with E-state index >= 15 is 0 Å². The van der Waals surface area contributed by atoms with Gasteiger partial charge in [0.2, 0.25) is 6.79 Å².